The molecule has 0 saturated carbocycles. The Balaban J connectivity index is 2.48. The zero-order chi connectivity index (χ0) is 7.40. The van der Waals surface area contributed by atoms with E-state index >= 15 is 0 Å². The summed E-state index contributed by atoms with van der Waals surface area (Å²) in [6.07, 6.45) is 3.32. The Bertz CT molecular complexity index is 202. The number of aromatic nitrogens is 2. The summed E-state index contributed by atoms with van der Waals surface area (Å²) in [4.78, 5) is 0. The van der Waals surface area contributed by atoms with Gasteiger partial charge in [0.15, 0.2) is 0 Å². The lowest BCUT2D eigenvalue weighted by atomic mass is 10.5. The van der Waals surface area contributed by atoms with Crippen LogP contribution in [-0.2, 0) is 0 Å². The van der Waals surface area contributed by atoms with E-state index < -0.39 is 0 Å². The SMILES string of the molecule is C=C(NN)Nc1cn[nH]c1. The third-order valence-corrected chi connectivity index (χ3v) is 0.968. The summed E-state index contributed by atoms with van der Waals surface area (Å²) in [5, 5.41) is 9.20. The fraction of sp³-hybridized carbons (Fsp3) is 0. The molecule has 0 aliphatic carbocycles. The summed E-state index contributed by atoms with van der Waals surface area (Å²) in [6, 6.07) is 0. The molecular formula is C5H9N5. The molecular weight excluding hydrogens is 130 g/mol. The van der Waals surface area contributed by atoms with E-state index in [1.165, 1.54) is 0 Å². The lowest BCUT2D eigenvalue weighted by molar-refractivity contribution is 0.898. The van der Waals surface area contributed by atoms with Crippen molar-refractivity contribution in [3.05, 3.63) is 24.8 Å². The van der Waals surface area contributed by atoms with Crippen molar-refractivity contribution in [3.63, 3.8) is 0 Å². The van der Waals surface area contributed by atoms with Gasteiger partial charge in [-0.05, 0) is 0 Å². The Hall–Kier alpha value is -1.49. The lowest BCUT2D eigenvalue weighted by Gasteiger charge is -2.03. The van der Waals surface area contributed by atoms with Gasteiger partial charge in [-0.25, -0.2) is 5.84 Å². The standard InChI is InChI=1S/C5H9N5/c1-4(10-6)9-5-2-7-8-3-5/h2-3,9-10H,1,6H2,(H,7,8). The van der Waals surface area contributed by atoms with Gasteiger partial charge in [-0.2, -0.15) is 5.10 Å². The van der Waals surface area contributed by atoms with E-state index in [2.05, 4.69) is 27.5 Å². The van der Waals surface area contributed by atoms with Gasteiger partial charge in [0.1, 0.15) is 5.82 Å². The maximum Gasteiger partial charge on any atom is 0.110 e. The molecule has 0 aliphatic heterocycles. The highest BCUT2D eigenvalue weighted by Gasteiger charge is 1.91. The predicted molar refractivity (Wildman–Crippen MR) is 38.7 cm³/mol. The first-order valence-corrected chi connectivity index (χ1v) is 2.74. The molecule has 0 bridgehead atoms. The van der Waals surface area contributed by atoms with Crippen molar-refractivity contribution in [2.45, 2.75) is 0 Å². The largest absolute Gasteiger partial charge is 0.339 e. The van der Waals surface area contributed by atoms with E-state index in [-0.39, 0.29) is 0 Å². The number of hydrogen-bond donors (Lipinski definition) is 4. The van der Waals surface area contributed by atoms with Crippen LogP contribution >= 0.6 is 0 Å². The second kappa shape index (κ2) is 2.88. The van der Waals surface area contributed by atoms with E-state index in [0.717, 1.165) is 5.69 Å². The van der Waals surface area contributed by atoms with E-state index in [1.54, 1.807) is 12.4 Å². The average molecular weight is 139 g/mol. The van der Waals surface area contributed by atoms with Gasteiger partial charge < -0.3 is 10.7 Å². The van der Waals surface area contributed by atoms with Crippen molar-refractivity contribution in [1.82, 2.24) is 15.6 Å². The van der Waals surface area contributed by atoms with E-state index in [1.807, 2.05) is 0 Å². The first kappa shape index (κ1) is 6.63. The summed E-state index contributed by atoms with van der Waals surface area (Å²) in [5.41, 5.74) is 3.18. The highest BCUT2D eigenvalue weighted by Crippen LogP contribution is 2.01. The van der Waals surface area contributed by atoms with E-state index in [9.17, 15) is 0 Å². The van der Waals surface area contributed by atoms with Gasteiger partial charge in [-0.15, -0.1) is 0 Å². The lowest BCUT2D eigenvalue weighted by Crippen LogP contribution is -2.24. The number of nitrogens with one attached hydrogen (secondary N) is 3. The molecule has 54 valence electrons. The Morgan fingerprint density at radius 1 is 1.80 bits per heavy atom. The summed E-state index contributed by atoms with van der Waals surface area (Å²) < 4.78 is 0. The smallest absolute Gasteiger partial charge is 0.110 e. The van der Waals surface area contributed by atoms with Crippen LogP contribution in [0.2, 0.25) is 0 Å². The van der Waals surface area contributed by atoms with Crippen LogP contribution in [0.4, 0.5) is 5.69 Å². The summed E-state index contributed by atoms with van der Waals surface area (Å²) in [5.74, 6) is 5.58. The molecule has 1 aromatic rings. The van der Waals surface area contributed by atoms with Crippen LogP contribution in [0.5, 0.6) is 0 Å². The molecule has 0 radical (unpaired) electrons. The molecule has 1 aromatic heterocycles. The molecule has 0 amide bonds. The third kappa shape index (κ3) is 1.49. The van der Waals surface area contributed by atoms with Crippen LogP contribution < -0.4 is 16.6 Å². The fourth-order valence-corrected chi connectivity index (χ4v) is 0.530. The minimum Gasteiger partial charge on any atom is -0.339 e. The number of anilines is 1. The third-order valence-electron chi connectivity index (χ3n) is 0.968. The molecule has 5 heteroatoms. The number of hydrazine groups is 1. The first-order valence-electron chi connectivity index (χ1n) is 2.74. The van der Waals surface area contributed by atoms with Gasteiger partial charge in [-0.1, -0.05) is 6.58 Å². The van der Waals surface area contributed by atoms with Crippen molar-refractivity contribution < 1.29 is 0 Å². The zero-order valence-corrected chi connectivity index (χ0v) is 5.39. The number of rotatable bonds is 3. The second-order valence-electron chi connectivity index (χ2n) is 1.73. The van der Waals surface area contributed by atoms with Crippen molar-refractivity contribution >= 4 is 5.69 Å². The number of hydrogen-bond acceptors (Lipinski definition) is 4. The molecule has 0 atom stereocenters. The van der Waals surface area contributed by atoms with Crippen LogP contribution in [0, 0.1) is 0 Å². The quantitative estimate of drug-likeness (QED) is 0.344. The van der Waals surface area contributed by atoms with Crippen LogP contribution in [-0.4, -0.2) is 10.2 Å². The van der Waals surface area contributed by atoms with Crippen LogP contribution in [0.3, 0.4) is 0 Å². The molecule has 0 aliphatic rings. The van der Waals surface area contributed by atoms with Gasteiger partial charge in [0.2, 0.25) is 0 Å². The van der Waals surface area contributed by atoms with Crippen molar-refractivity contribution in [2.24, 2.45) is 5.84 Å². The average Bonchev–Trinajstić information content (AvgIpc) is 2.40. The number of nitrogens with two attached hydrogens (primary N) is 1. The second-order valence-corrected chi connectivity index (χ2v) is 1.73. The topological polar surface area (TPSA) is 78.8 Å². The van der Waals surface area contributed by atoms with Crippen molar-refractivity contribution in [2.75, 3.05) is 5.32 Å². The van der Waals surface area contributed by atoms with Crippen molar-refractivity contribution in [3.8, 4) is 0 Å². The van der Waals surface area contributed by atoms with Gasteiger partial charge in [0.05, 0.1) is 11.9 Å². The molecule has 0 fully saturated rings. The van der Waals surface area contributed by atoms with Gasteiger partial charge in [0.25, 0.3) is 0 Å². The van der Waals surface area contributed by atoms with Gasteiger partial charge in [-0.3, -0.25) is 5.10 Å². The minimum absolute atomic E-state index is 0.529. The molecule has 10 heavy (non-hydrogen) atoms. The normalized spacial score (nSPS) is 8.90. The van der Waals surface area contributed by atoms with Crippen LogP contribution in [0.25, 0.3) is 0 Å². The molecule has 0 unspecified atom stereocenters. The van der Waals surface area contributed by atoms with Gasteiger partial charge >= 0.3 is 0 Å². The summed E-state index contributed by atoms with van der Waals surface area (Å²) >= 11 is 0. The summed E-state index contributed by atoms with van der Waals surface area (Å²) in [7, 11) is 0. The monoisotopic (exact) mass is 139 g/mol. The Morgan fingerprint density at radius 3 is 3.10 bits per heavy atom. The van der Waals surface area contributed by atoms with Crippen molar-refractivity contribution in [1.29, 1.82) is 0 Å². The Kier molecular flexibility index (Phi) is 1.91. The van der Waals surface area contributed by atoms with Gasteiger partial charge in [0, 0.05) is 6.20 Å². The maximum absolute atomic E-state index is 5.05. The Labute approximate surface area is 58.3 Å². The predicted octanol–water partition coefficient (Wildman–Crippen LogP) is -0.244. The number of aromatic amines is 1. The zero-order valence-electron chi connectivity index (χ0n) is 5.39. The van der Waals surface area contributed by atoms with E-state index in [4.69, 9.17) is 5.84 Å². The number of nitrogens with zero attached hydrogens (tertiary/aromatic N) is 1. The highest BCUT2D eigenvalue weighted by molar-refractivity contribution is 5.42. The molecule has 5 nitrogen and oxygen atoms in total. The fourth-order valence-electron chi connectivity index (χ4n) is 0.530. The highest BCUT2D eigenvalue weighted by atomic mass is 15.3. The minimum atomic E-state index is 0.529. The first-order chi connectivity index (χ1) is 4.83. The molecule has 0 saturated heterocycles. The molecule has 1 heterocycles. The van der Waals surface area contributed by atoms with E-state index in [0.29, 0.717) is 5.82 Å². The summed E-state index contributed by atoms with van der Waals surface area (Å²) in [6.45, 7) is 3.56. The maximum atomic E-state index is 5.05. The molecule has 0 spiro atoms. The molecule has 1 rings (SSSR count). The van der Waals surface area contributed by atoms with Crippen LogP contribution in [0.1, 0.15) is 0 Å². The number of H-pyrrole nitrogens is 1. The molecule has 5 N–H and O–H groups in total. The van der Waals surface area contributed by atoms with Crippen LogP contribution in [0.15, 0.2) is 24.8 Å². The Morgan fingerprint density at radius 2 is 2.60 bits per heavy atom. The molecule has 0 aromatic carbocycles.